The molecule has 2 atom stereocenters. The van der Waals surface area contributed by atoms with Gasteiger partial charge >= 0.3 is 12.1 Å². The summed E-state index contributed by atoms with van der Waals surface area (Å²) in [5, 5.41) is 9.07. The molecule has 0 amide bonds. The Morgan fingerprint density at radius 2 is 2.00 bits per heavy atom. The summed E-state index contributed by atoms with van der Waals surface area (Å²) < 4.78 is 38.5. The smallest absolute Gasteiger partial charge is 0.416 e. The van der Waals surface area contributed by atoms with E-state index in [-0.39, 0.29) is 12.1 Å². The number of rotatable bonds is 4. The van der Waals surface area contributed by atoms with E-state index in [2.05, 4.69) is 0 Å². The molecule has 0 spiro atoms. The second-order valence-electron chi connectivity index (χ2n) is 6.18. The predicted octanol–water partition coefficient (Wildman–Crippen LogP) is 3.96. The normalized spacial score (nSPS) is 19.4. The second-order valence-corrected chi connectivity index (χ2v) is 6.18. The molecule has 2 unspecified atom stereocenters. The van der Waals surface area contributed by atoms with Crippen molar-refractivity contribution in [2.75, 3.05) is 4.90 Å². The van der Waals surface area contributed by atoms with E-state index in [0.29, 0.717) is 18.4 Å². The lowest BCUT2D eigenvalue weighted by Gasteiger charge is -2.32. The van der Waals surface area contributed by atoms with E-state index >= 15 is 0 Å². The first-order valence-electron chi connectivity index (χ1n) is 7.32. The zero-order valence-corrected chi connectivity index (χ0v) is 12.8. The van der Waals surface area contributed by atoms with Gasteiger partial charge in [-0.2, -0.15) is 13.2 Å². The average Bonchev–Trinajstić information content (AvgIpc) is 2.74. The first-order valence-corrected chi connectivity index (χ1v) is 7.32. The molecule has 1 aromatic rings. The Morgan fingerprint density at radius 1 is 1.36 bits per heavy atom. The van der Waals surface area contributed by atoms with Gasteiger partial charge in [-0.05, 0) is 50.5 Å². The summed E-state index contributed by atoms with van der Waals surface area (Å²) in [6.07, 6.45) is -3.48. The van der Waals surface area contributed by atoms with Crippen molar-refractivity contribution in [2.45, 2.75) is 51.9 Å². The first kappa shape index (κ1) is 16.6. The molecule has 0 radical (unpaired) electrons. The van der Waals surface area contributed by atoms with E-state index in [9.17, 15) is 18.0 Å². The lowest BCUT2D eigenvalue weighted by molar-refractivity contribution is -0.141. The monoisotopic (exact) mass is 315 g/mol. The van der Waals surface area contributed by atoms with Crippen molar-refractivity contribution in [1.29, 1.82) is 0 Å². The van der Waals surface area contributed by atoms with Gasteiger partial charge in [-0.25, -0.2) is 0 Å². The van der Waals surface area contributed by atoms with Crippen molar-refractivity contribution < 1.29 is 23.1 Å². The van der Waals surface area contributed by atoms with Crippen LogP contribution in [0.2, 0.25) is 0 Å². The largest absolute Gasteiger partial charge is 0.481 e. The molecular weight excluding hydrogens is 295 g/mol. The molecule has 0 aliphatic carbocycles. The average molecular weight is 315 g/mol. The molecule has 1 aliphatic rings. The van der Waals surface area contributed by atoms with Crippen LogP contribution in [-0.2, 0) is 17.4 Å². The summed E-state index contributed by atoms with van der Waals surface area (Å²) in [6, 6.07) is 3.81. The number of nitrogens with zero attached hydrogens (tertiary/aromatic N) is 1. The number of alkyl halides is 3. The maximum atomic E-state index is 12.8. The zero-order valence-electron chi connectivity index (χ0n) is 12.8. The molecule has 0 saturated heterocycles. The SMILES string of the molecule is CC(CC1Cc2cc(C(F)(F)F)ccc2N1C(C)C)C(=O)O. The van der Waals surface area contributed by atoms with Crippen molar-refractivity contribution >= 4 is 11.7 Å². The molecule has 6 heteroatoms. The number of halogens is 3. The fourth-order valence-electron chi connectivity index (χ4n) is 3.13. The number of fused-ring (bicyclic) bond motifs is 1. The van der Waals surface area contributed by atoms with E-state index in [1.54, 1.807) is 6.92 Å². The van der Waals surface area contributed by atoms with Crippen molar-refractivity contribution in [3.05, 3.63) is 29.3 Å². The van der Waals surface area contributed by atoms with Gasteiger partial charge in [-0.15, -0.1) is 0 Å². The number of hydrogen-bond acceptors (Lipinski definition) is 2. The topological polar surface area (TPSA) is 40.5 Å². The Bertz CT molecular complexity index is 569. The van der Waals surface area contributed by atoms with Crippen LogP contribution in [0, 0.1) is 5.92 Å². The number of anilines is 1. The fraction of sp³-hybridized carbons (Fsp3) is 0.562. The fourth-order valence-corrected chi connectivity index (χ4v) is 3.13. The molecule has 0 saturated carbocycles. The van der Waals surface area contributed by atoms with Crippen molar-refractivity contribution in [2.24, 2.45) is 5.92 Å². The number of benzene rings is 1. The van der Waals surface area contributed by atoms with Crippen molar-refractivity contribution in [3.63, 3.8) is 0 Å². The summed E-state index contributed by atoms with van der Waals surface area (Å²) in [4.78, 5) is 13.1. The highest BCUT2D eigenvalue weighted by molar-refractivity contribution is 5.70. The van der Waals surface area contributed by atoms with Crippen LogP contribution in [-0.4, -0.2) is 23.2 Å². The Balaban J connectivity index is 2.32. The lowest BCUT2D eigenvalue weighted by atomic mass is 9.98. The van der Waals surface area contributed by atoms with Gasteiger partial charge in [0.25, 0.3) is 0 Å². The van der Waals surface area contributed by atoms with Gasteiger partial charge in [0, 0.05) is 17.8 Å². The van der Waals surface area contributed by atoms with Crippen LogP contribution < -0.4 is 4.90 Å². The van der Waals surface area contributed by atoms with Gasteiger partial charge < -0.3 is 10.0 Å². The van der Waals surface area contributed by atoms with E-state index in [0.717, 1.165) is 11.8 Å². The molecule has 3 nitrogen and oxygen atoms in total. The molecule has 22 heavy (non-hydrogen) atoms. The summed E-state index contributed by atoms with van der Waals surface area (Å²) in [7, 11) is 0. The van der Waals surface area contributed by atoms with Crippen LogP contribution in [0.15, 0.2) is 18.2 Å². The lowest BCUT2D eigenvalue weighted by Crippen LogP contribution is -2.39. The predicted molar refractivity (Wildman–Crippen MR) is 78.0 cm³/mol. The molecule has 2 rings (SSSR count). The van der Waals surface area contributed by atoms with Crippen LogP contribution in [0.1, 0.15) is 38.3 Å². The zero-order chi connectivity index (χ0) is 16.7. The third kappa shape index (κ3) is 3.20. The van der Waals surface area contributed by atoms with Crippen LogP contribution >= 0.6 is 0 Å². The number of hydrogen-bond donors (Lipinski definition) is 1. The maximum Gasteiger partial charge on any atom is 0.416 e. The number of carboxylic acids is 1. The number of carbonyl (C=O) groups is 1. The van der Waals surface area contributed by atoms with E-state index in [1.807, 2.05) is 18.7 Å². The molecule has 1 aromatic carbocycles. The molecule has 1 heterocycles. The minimum atomic E-state index is -4.36. The van der Waals surface area contributed by atoms with Crippen LogP contribution in [0.5, 0.6) is 0 Å². The molecule has 0 bridgehead atoms. The van der Waals surface area contributed by atoms with Crippen LogP contribution in [0.25, 0.3) is 0 Å². The summed E-state index contributed by atoms with van der Waals surface area (Å²) in [5.41, 5.74) is 0.776. The third-order valence-corrected chi connectivity index (χ3v) is 4.14. The molecule has 122 valence electrons. The Labute approximate surface area is 127 Å². The number of carboxylic acid groups (broad SMARTS) is 1. The molecule has 0 fully saturated rings. The van der Waals surface area contributed by atoms with Gasteiger partial charge in [0.2, 0.25) is 0 Å². The first-order chi connectivity index (χ1) is 10.1. The highest BCUT2D eigenvalue weighted by Crippen LogP contribution is 2.40. The highest BCUT2D eigenvalue weighted by atomic mass is 19.4. The van der Waals surface area contributed by atoms with Gasteiger partial charge in [-0.1, -0.05) is 6.92 Å². The van der Waals surface area contributed by atoms with Gasteiger partial charge in [0.15, 0.2) is 0 Å². The second kappa shape index (κ2) is 5.82. The van der Waals surface area contributed by atoms with Crippen molar-refractivity contribution in [3.8, 4) is 0 Å². The number of aliphatic carboxylic acids is 1. The van der Waals surface area contributed by atoms with E-state index < -0.39 is 23.6 Å². The van der Waals surface area contributed by atoms with Crippen LogP contribution in [0.3, 0.4) is 0 Å². The molecule has 1 aliphatic heterocycles. The Hall–Kier alpha value is -1.72. The molecule has 0 aromatic heterocycles. The summed E-state index contributed by atoms with van der Waals surface area (Å²) in [5.74, 6) is -1.40. The summed E-state index contributed by atoms with van der Waals surface area (Å²) >= 11 is 0. The minimum Gasteiger partial charge on any atom is -0.481 e. The Kier molecular flexibility index (Phi) is 4.40. The van der Waals surface area contributed by atoms with Gasteiger partial charge in [-0.3, -0.25) is 4.79 Å². The quantitative estimate of drug-likeness (QED) is 0.914. The van der Waals surface area contributed by atoms with Crippen molar-refractivity contribution in [1.82, 2.24) is 0 Å². The molecular formula is C16H20F3NO2. The third-order valence-electron chi connectivity index (χ3n) is 4.14. The Morgan fingerprint density at radius 3 is 2.50 bits per heavy atom. The van der Waals surface area contributed by atoms with E-state index in [4.69, 9.17) is 5.11 Å². The van der Waals surface area contributed by atoms with Crippen LogP contribution in [0.4, 0.5) is 18.9 Å². The van der Waals surface area contributed by atoms with Gasteiger partial charge in [0.1, 0.15) is 0 Å². The maximum absolute atomic E-state index is 12.8. The standard InChI is InChI=1S/C16H20F3NO2/c1-9(2)20-13(6-10(3)15(21)22)8-11-7-12(16(17,18)19)4-5-14(11)20/h4-5,7,9-10,13H,6,8H2,1-3H3,(H,21,22). The minimum absolute atomic E-state index is 0.0791. The summed E-state index contributed by atoms with van der Waals surface area (Å²) in [6.45, 7) is 5.56. The van der Waals surface area contributed by atoms with Gasteiger partial charge in [0.05, 0.1) is 11.5 Å². The van der Waals surface area contributed by atoms with E-state index in [1.165, 1.54) is 12.1 Å². The molecule has 1 N–H and O–H groups in total. The highest BCUT2D eigenvalue weighted by Gasteiger charge is 2.36.